The summed E-state index contributed by atoms with van der Waals surface area (Å²) in [4.78, 5) is 17.4. The van der Waals surface area contributed by atoms with Crippen molar-refractivity contribution < 1.29 is 13.9 Å². The third kappa shape index (κ3) is 6.26. The summed E-state index contributed by atoms with van der Waals surface area (Å²) in [6.07, 6.45) is 5.03. The minimum absolute atomic E-state index is 0.0858. The van der Waals surface area contributed by atoms with E-state index in [2.05, 4.69) is 32.0 Å². The van der Waals surface area contributed by atoms with Gasteiger partial charge in [-0.25, -0.2) is 9.37 Å². The quantitative estimate of drug-likeness (QED) is 0.178. The van der Waals surface area contributed by atoms with Gasteiger partial charge >= 0.3 is 0 Å². The van der Waals surface area contributed by atoms with Crippen molar-refractivity contribution in [2.75, 3.05) is 11.1 Å². The number of nitrogens with one attached hydrogen (secondary N) is 1. The van der Waals surface area contributed by atoms with Gasteiger partial charge in [0.2, 0.25) is 5.91 Å². The monoisotopic (exact) mass is 631 g/mol. The van der Waals surface area contributed by atoms with Crippen molar-refractivity contribution in [2.45, 2.75) is 50.4 Å². The summed E-state index contributed by atoms with van der Waals surface area (Å²) in [5.74, 6) is 2.30. The van der Waals surface area contributed by atoms with Gasteiger partial charge in [0.1, 0.15) is 6.61 Å². The average Bonchev–Trinajstić information content (AvgIpc) is 3.77. The topological polar surface area (TPSA) is 81.9 Å². The fraction of sp³-hybridized carbons (Fsp3) is 0.379. The predicted molar refractivity (Wildman–Crippen MR) is 161 cm³/mol. The van der Waals surface area contributed by atoms with Crippen molar-refractivity contribution in [1.29, 1.82) is 0 Å². The molecular weight excluding hydrogens is 604 g/mol. The van der Waals surface area contributed by atoms with Crippen LogP contribution in [0.4, 0.5) is 9.52 Å². The fourth-order valence-electron chi connectivity index (χ4n) is 6.10. The zero-order chi connectivity index (χ0) is 28.5. The summed E-state index contributed by atoms with van der Waals surface area (Å²) in [5.41, 5.74) is 1.52. The zero-order valence-corrected chi connectivity index (χ0v) is 25.4. The number of ether oxygens (including phenoxy) is 1. The Morgan fingerprint density at radius 3 is 2.80 bits per heavy atom. The van der Waals surface area contributed by atoms with Gasteiger partial charge in [0.05, 0.1) is 21.5 Å². The Labute approximate surface area is 255 Å². The Bertz CT molecular complexity index is 1560. The summed E-state index contributed by atoms with van der Waals surface area (Å²) in [5, 5.41) is 15.6. The molecule has 2 aromatic carbocycles. The van der Waals surface area contributed by atoms with E-state index in [0.29, 0.717) is 43.7 Å². The lowest BCUT2D eigenvalue weighted by Crippen LogP contribution is -2.25. The first-order valence-electron chi connectivity index (χ1n) is 13.5. The van der Waals surface area contributed by atoms with Crippen molar-refractivity contribution >= 4 is 57.3 Å². The molecule has 6 rings (SSSR count). The highest BCUT2D eigenvalue weighted by Gasteiger charge is 2.43. The third-order valence-electron chi connectivity index (χ3n) is 8.05. The Kier molecular flexibility index (Phi) is 8.53. The van der Waals surface area contributed by atoms with Crippen LogP contribution in [-0.4, -0.2) is 31.4 Å². The number of aromatic nitrogens is 4. The molecule has 4 aromatic rings. The molecule has 4 atom stereocenters. The summed E-state index contributed by atoms with van der Waals surface area (Å²) in [6, 6.07) is 11.8. The number of fused-ring (bicyclic) bond motifs is 2. The minimum Gasteiger partial charge on any atom is -0.483 e. The number of thiazole rings is 1. The number of rotatable bonds is 10. The molecule has 0 radical (unpaired) electrons. The number of anilines is 1. The lowest BCUT2D eigenvalue weighted by molar-refractivity contribution is -0.113. The minimum atomic E-state index is -0.421. The molecule has 1 N–H and O–H groups in total. The van der Waals surface area contributed by atoms with E-state index in [4.69, 9.17) is 27.9 Å². The van der Waals surface area contributed by atoms with E-state index < -0.39 is 5.82 Å². The highest BCUT2D eigenvalue weighted by Crippen LogP contribution is 2.52. The number of thioether (sulfide) groups is 1. The van der Waals surface area contributed by atoms with Crippen LogP contribution in [0, 0.1) is 23.6 Å². The fourth-order valence-corrected chi connectivity index (χ4v) is 7.97. The normalized spacial score (nSPS) is 20.3. The molecule has 214 valence electrons. The second-order valence-corrected chi connectivity index (χ2v) is 13.2. The van der Waals surface area contributed by atoms with E-state index in [1.165, 1.54) is 54.8 Å². The van der Waals surface area contributed by atoms with Gasteiger partial charge in [0, 0.05) is 17.0 Å². The molecule has 2 saturated carbocycles. The number of halogens is 3. The molecule has 0 aliphatic heterocycles. The van der Waals surface area contributed by atoms with E-state index in [9.17, 15) is 9.18 Å². The van der Waals surface area contributed by atoms with E-state index in [-0.39, 0.29) is 30.1 Å². The molecule has 7 nitrogen and oxygen atoms in total. The molecule has 0 unspecified atom stereocenters. The summed E-state index contributed by atoms with van der Waals surface area (Å²) >= 11 is 14.8. The molecule has 2 fully saturated rings. The molecule has 0 saturated heterocycles. The van der Waals surface area contributed by atoms with Gasteiger partial charge in [0.15, 0.2) is 27.7 Å². The number of hydrogen-bond acceptors (Lipinski definition) is 7. The van der Waals surface area contributed by atoms with Crippen LogP contribution >= 0.6 is 46.3 Å². The number of para-hydroxylation sites is 1. The van der Waals surface area contributed by atoms with Crippen LogP contribution < -0.4 is 10.1 Å². The van der Waals surface area contributed by atoms with Gasteiger partial charge in [0.25, 0.3) is 0 Å². The van der Waals surface area contributed by atoms with Crippen molar-refractivity contribution in [3.05, 3.63) is 69.5 Å². The van der Waals surface area contributed by atoms with E-state index in [1.807, 2.05) is 11.4 Å². The van der Waals surface area contributed by atoms with Crippen LogP contribution in [0.25, 0.3) is 11.3 Å². The molecular formula is C29H28Cl2FN5O2S2. The van der Waals surface area contributed by atoms with Crippen LogP contribution in [0.15, 0.2) is 53.0 Å². The summed E-state index contributed by atoms with van der Waals surface area (Å²) < 4.78 is 22.1. The maximum absolute atomic E-state index is 14.2. The Hall–Kier alpha value is -2.66. The molecule has 2 aliphatic carbocycles. The lowest BCUT2D eigenvalue weighted by atomic mass is 9.84. The maximum atomic E-state index is 14.2. The molecule has 1 amide bonds. The van der Waals surface area contributed by atoms with E-state index in [1.54, 1.807) is 30.3 Å². The van der Waals surface area contributed by atoms with Crippen molar-refractivity contribution in [1.82, 2.24) is 19.7 Å². The molecule has 12 heteroatoms. The van der Waals surface area contributed by atoms with Gasteiger partial charge < -0.3 is 10.1 Å². The van der Waals surface area contributed by atoms with Crippen molar-refractivity contribution in [3.63, 3.8) is 0 Å². The number of carbonyl (C=O) groups is 1. The summed E-state index contributed by atoms with van der Waals surface area (Å²) in [6.45, 7) is 2.29. The Morgan fingerprint density at radius 2 is 2.05 bits per heavy atom. The van der Waals surface area contributed by atoms with Crippen LogP contribution in [0.3, 0.4) is 0 Å². The second kappa shape index (κ2) is 12.3. The zero-order valence-electron chi connectivity index (χ0n) is 22.2. The summed E-state index contributed by atoms with van der Waals surface area (Å²) in [7, 11) is 0. The number of nitrogens with zero attached hydrogens (tertiary/aromatic N) is 4. The molecule has 0 spiro atoms. The Balaban J connectivity index is 1.15. The van der Waals surface area contributed by atoms with Crippen LogP contribution in [0.1, 0.15) is 44.5 Å². The maximum Gasteiger partial charge on any atom is 0.236 e. The smallest absolute Gasteiger partial charge is 0.236 e. The number of amides is 1. The first kappa shape index (κ1) is 28.5. The SMILES string of the molecule is C[C@H]([C@H]1C[C@@H]2CC[C@@H]1C2)n1c(COc2ccccc2F)nnc1SCC(=O)Nc1nc(-c2ccc(Cl)c(Cl)c2)cs1. The van der Waals surface area contributed by atoms with Gasteiger partial charge in [-0.3, -0.25) is 9.36 Å². The van der Waals surface area contributed by atoms with Gasteiger partial charge in [-0.05, 0) is 68.2 Å². The van der Waals surface area contributed by atoms with Gasteiger partial charge in [-0.1, -0.05) is 59.6 Å². The molecule has 2 aromatic heterocycles. The molecule has 2 heterocycles. The average molecular weight is 633 g/mol. The van der Waals surface area contributed by atoms with Gasteiger partial charge in [-0.2, -0.15) is 0 Å². The number of hydrogen-bond donors (Lipinski definition) is 1. The third-order valence-corrected chi connectivity index (χ3v) is 10.5. The van der Waals surface area contributed by atoms with E-state index in [0.717, 1.165) is 11.5 Å². The van der Waals surface area contributed by atoms with Gasteiger partial charge in [-0.15, -0.1) is 21.5 Å². The molecule has 41 heavy (non-hydrogen) atoms. The Morgan fingerprint density at radius 1 is 1.20 bits per heavy atom. The number of carbonyl (C=O) groups excluding carboxylic acids is 1. The predicted octanol–water partition coefficient (Wildman–Crippen LogP) is 8.15. The van der Waals surface area contributed by atoms with Crippen LogP contribution in [0.2, 0.25) is 10.0 Å². The first-order valence-corrected chi connectivity index (χ1v) is 16.1. The van der Waals surface area contributed by atoms with Crippen LogP contribution in [0.5, 0.6) is 5.75 Å². The van der Waals surface area contributed by atoms with E-state index >= 15 is 0 Å². The number of benzene rings is 2. The lowest BCUT2D eigenvalue weighted by Gasteiger charge is -2.30. The van der Waals surface area contributed by atoms with Crippen molar-refractivity contribution in [2.24, 2.45) is 17.8 Å². The molecule has 2 aliphatic rings. The highest BCUT2D eigenvalue weighted by molar-refractivity contribution is 7.99. The standard InChI is InChI=1S/C29H28Cl2FN5O2S2/c1-16(20-11-17-6-7-18(20)10-17)37-26(13-39-25-5-3-2-4-23(25)32)35-36-29(37)41-15-27(38)34-28-33-24(14-40-28)19-8-9-21(30)22(31)12-19/h2-5,8-9,12,14,16-18,20H,6-7,10-11,13,15H2,1H3,(H,33,34,38)/t16-,17-,18-,20-/m1/s1. The second-order valence-electron chi connectivity index (χ2n) is 10.6. The van der Waals surface area contributed by atoms with Crippen molar-refractivity contribution in [3.8, 4) is 17.0 Å². The molecule has 2 bridgehead atoms. The first-order chi connectivity index (χ1) is 19.9. The highest BCUT2D eigenvalue weighted by atomic mass is 35.5. The largest absolute Gasteiger partial charge is 0.483 e. The van der Waals surface area contributed by atoms with Crippen LogP contribution in [-0.2, 0) is 11.4 Å².